The van der Waals surface area contributed by atoms with Crippen molar-refractivity contribution in [3.63, 3.8) is 0 Å². The van der Waals surface area contributed by atoms with Gasteiger partial charge in [-0.05, 0) is 32.6 Å². The summed E-state index contributed by atoms with van der Waals surface area (Å²) in [4.78, 5) is 26.6. The molecule has 2 atom stereocenters. The van der Waals surface area contributed by atoms with E-state index in [1.54, 1.807) is 18.0 Å². The van der Waals surface area contributed by atoms with Crippen LogP contribution in [0.25, 0.3) is 0 Å². The molecule has 1 heterocycles. The van der Waals surface area contributed by atoms with Crippen molar-refractivity contribution in [3.05, 3.63) is 17.5 Å². The van der Waals surface area contributed by atoms with Gasteiger partial charge in [0.15, 0.2) is 5.69 Å². The van der Waals surface area contributed by atoms with Crippen molar-refractivity contribution >= 4 is 11.8 Å². The Labute approximate surface area is 138 Å². The Morgan fingerprint density at radius 2 is 1.96 bits per heavy atom. The number of amides is 2. The topological polar surface area (TPSA) is 67.2 Å². The molecule has 0 bridgehead atoms. The fourth-order valence-corrected chi connectivity index (χ4v) is 3.23. The van der Waals surface area contributed by atoms with Gasteiger partial charge in [-0.25, -0.2) is 0 Å². The van der Waals surface area contributed by atoms with Gasteiger partial charge in [-0.15, -0.1) is 0 Å². The first-order valence-corrected chi connectivity index (χ1v) is 8.62. The molecular weight excluding hydrogens is 292 g/mol. The Hall–Kier alpha value is -1.85. The van der Waals surface area contributed by atoms with E-state index in [1.165, 1.54) is 11.1 Å². The molecule has 23 heavy (non-hydrogen) atoms. The first kappa shape index (κ1) is 17.5. The maximum absolute atomic E-state index is 12.5. The van der Waals surface area contributed by atoms with E-state index >= 15 is 0 Å². The highest BCUT2D eigenvalue weighted by Crippen LogP contribution is 2.24. The fraction of sp³-hybridized carbons (Fsp3) is 0.706. The molecule has 2 amide bonds. The molecule has 1 fully saturated rings. The molecule has 0 unspecified atom stereocenters. The van der Waals surface area contributed by atoms with Crippen LogP contribution in [0.15, 0.2) is 6.07 Å². The van der Waals surface area contributed by atoms with E-state index in [9.17, 15) is 9.59 Å². The van der Waals surface area contributed by atoms with E-state index in [1.807, 2.05) is 13.8 Å². The molecule has 1 aliphatic carbocycles. The number of hydrogen-bond donors (Lipinski definition) is 1. The predicted molar refractivity (Wildman–Crippen MR) is 89.3 cm³/mol. The zero-order valence-corrected chi connectivity index (χ0v) is 14.6. The van der Waals surface area contributed by atoms with E-state index in [-0.39, 0.29) is 17.9 Å². The smallest absolute Gasteiger partial charge is 0.274 e. The molecule has 6 heteroatoms. The Morgan fingerprint density at radius 3 is 2.57 bits per heavy atom. The second-order valence-electron chi connectivity index (χ2n) is 6.36. The van der Waals surface area contributed by atoms with Gasteiger partial charge >= 0.3 is 0 Å². The predicted octanol–water partition coefficient (Wildman–Crippen LogP) is 2.21. The number of nitrogens with zero attached hydrogens (tertiary/aromatic N) is 3. The van der Waals surface area contributed by atoms with E-state index in [0.29, 0.717) is 30.4 Å². The number of rotatable bonds is 5. The van der Waals surface area contributed by atoms with Gasteiger partial charge in [0.2, 0.25) is 0 Å². The standard InChI is InChI=1S/C17H28N4O2/c1-5-21(6-2)17(23)14-11-15(20(4)19-14)16(22)18-13-10-8-7-9-12(13)3/h11-13H,5-10H2,1-4H3,(H,18,22)/t12-,13-/m1/s1. The Balaban J connectivity index is 2.10. The Kier molecular flexibility index (Phi) is 5.80. The summed E-state index contributed by atoms with van der Waals surface area (Å²) in [6.07, 6.45) is 4.58. The second-order valence-corrected chi connectivity index (χ2v) is 6.36. The summed E-state index contributed by atoms with van der Waals surface area (Å²) < 4.78 is 1.50. The lowest BCUT2D eigenvalue weighted by Gasteiger charge is -2.29. The van der Waals surface area contributed by atoms with Crippen molar-refractivity contribution in [3.8, 4) is 0 Å². The first-order chi connectivity index (χ1) is 11.0. The summed E-state index contributed by atoms with van der Waals surface area (Å²) in [5, 5.41) is 7.34. The van der Waals surface area contributed by atoms with Gasteiger partial charge in [-0.3, -0.25) is 14.3 Å². The van der Waals surface area contributed by atoms with Gasteiger partial charge in [-0.1, -0.05) is 19.8 Å². The molecule has 0 saturated heterocycles. The zero-order chi connectivity index (χ0) is 17.0. The summed E-state index contributed by atoms with van der Waals surface area (Å²) in [5.74, 6) is 0.228. The molecule has 128 valence electrons. The number of hydrogen-bond acceptors (Lipinski definition) is 3. The maximum Gasteiger partial charge on any atom is 0.274 e. The molecular formula is C17H28N4O2. The van der Waals surface area contributed by atoms with Gasteiger partial charge < -0.3 is 10.2 Å². The minimum atomic E-state index is -0.141. The largest absolute Gasteiger partial charge is 0.348 e. The van der Waals surface area contributed by atoms with Crippen LogP contribution in [0.3, 0.4) is 0 Å². The van der Waals surface area contributed by atoms with Crippen LogP contribution in [0.4, 0.5) is 0 Å². The van der Waals surface area contributed by atoms with E-state index in [2.05, 4.69) is 17.3 Å². The number of aromatic nitrogens is 2. The van der Waals surface area contributed by atoms with Gasteiger partial charge in [0.1, 0.15) is 5.69 Å². The van der Waals surface area contributed by atoms with Crippen molar-refractivity contribution in [1.82, 2.24) is 20.0 Å². The van der Waals surface area contributed by atoms with Crippen molar-refractivity contribution in [1.29, 1.82) is 0 Å². The highest BCUT2D eigenvalue weighted by atomic mass is 16.2. The molecule has 1 aromatic rings. The number of aryl methyl sites for hydroxylation is 1. The average molecular weight is 320 g/mol. The molecule has 0 aliphatic heterocycles. The summed E-state index contributed by atoms with van der Waals surface area (Å²) in [5.41, 5.74) is 0.774. The van der Waals surface area contributed by atoms with E-state index < -0.39 is 0 Å². The molecule has 1 aliphatic rings. The normalized spacial score (nSPS) is 21.0. The highest BCUT2D eigenvalue weighted by Gasteiger charge is 2.26. The fourth-order valence-electron chi connectivity index (χ4n) is 3.23. The van der Waals surface area contributed by atoms with Crippen LogP contribution in [-0.4, -0.2) is 45.6 Å². The lowest BCUT2D eigenvalue weighted by atomic mass is 9.86. The summed E-state index contributed by atoms with van der Waals surface area (Å²) in [6, 6.07) is 1.82. The number of nitrogens with one attached hydrogen (secondary N) is 1. The minimum Gasteiger partial charge on any atom is -0.348 e. The zero-order valence-electron chi connectivity index (χ0n) is 14.6. The monoisotopic (exact) mass is 320 g/mol. The van der Waals surface area contributed by atoms with E-state index in [0.717, 1.165) is 19.3 Å². The van der Waals surface area contributed by atoms with Crippen LogP contribution in [0.2, 0.25) is 0 Å². The third-order valence-electron chi connectivity index (χ3n) is 4.81. The third kappa shape index (κ3) is 3.92. The maximum atomic E-state index is 12.5. The molecule has 1 N–H and O–H groups in total. The summed E-state index contributed by atoms with van der Waals surface area (Å²) in [6.45, 7) is 7.31. The van der Waals surface area contributed by atoms with Crippen LogP contribution in [0.5, 0.6) is 0 Å². The molecule has 1 aromatic heterocycles. The van der Waals surface area contributed by atoms with Crippen LogP contribution in [0, 0.1) is 5.92 Å². The van der Waals surface area contributed by atoms with Gasteiger partial charge in [-0.2, -0.15) is 5.10 Å². The second kappa shape index (κ2) is 7.62. The van der Waals surface area contributed by atoms with Crippen molar-refractivity contribution in [2.45, 2.75) is 52.5 Å². The Morgan fingerprint density at radius 1 is 1.30 bits per heavy atom. The summed E-state index contributed by atoms with van der Waals surface area (Å²) >= 11 is 0. The quantitative estimate of drug-likeness (QED) is 0.904. The minimum absolute atomic E-state index is 0.129. The van der Waals surface area contributed by atoms with Crippen molar-refractivity contribution in [2.24, 2.45) is 13.0 Å². The molecule has 6 nitrogen and oxygen atoms in total. The van der Waals surface area contributed by atoms with Crippen LogP contribution < -0.4 is 5.32 Å². The SMILES string of the molecule is CCN(CC)C(=O)c1cc(C(=O)N[C@@H]2CCCC[C@H]2C)n(C)n1. The molecule has 2 rings (SSSR count). The highest BCUT2D eigenvalue weighted by molar-refractivity contribution is 5.98. The number of carbonyl (C=O) groups is 2. The lowest BCUT2D eigenvalue weighted by molar-refractivity contribution is 0.0766. The average Bonchev–Trinajstić information content (AvgIpc) is 2.92. The summed E-state index contributed by atoms with van der Waals surface area (Å²) in [7, 11) is 1.71. The van der Waals surface area contributed by atoms with Crippen LogP contribution in [-0.2, 0) is 7.05 Å². The van der Waals surface area contributed by atoms with Crippen molar-refractivity contribution < 1.29 is 9.59 Å². The molecule has 0 aromatic carbocycles. The molecule has 0 radical (unpaired) electrons. The van der Waals surface area contributed by atoms with Crippen LogP contribution in [0.1, 0.15) is 67.4 Å². The van der Waals surface area contributed by atoms with Gasteiger partial charge in [0, 0.05) is 32.2 Å². The van der Waals surface area contributed by atoms with Crippen molar-refractivity contribution in [2.75, 3.05) is 13.1 Å². The first-order valence-electron chi connectivity index (χ1n) is 8.62. The molecule has 0 spiro atoms. The number of carbonyl (C=O) groups excluding carboxylic acids is 2. The van der Waals surface area contributed by atoms with E-state index in [4.69, 9.17) is 0 Å². The third-order valence-corrected chi connectivity index (χ3v) is 4.81. The lowest BCUT2D eigenvalue weighted by Crippen LogP contribution is -2.41. The Bertz CT molecular complexity index is 563. The molecule has 1 saturated carbocycles. The van der Waals surface area contributed by atoms with Gasteiger partial charge in [0.25, 0.3) is 11.8 Å². The van der Waals surface area contributed by atoms with Gasteiger partial charge in [0.05, 0.1) is 0 Å². The van der Waals surface area contributed by atoms with Crippen LogP contribution >= 0.6 is 0 Å².